The molecular weight excluding hydrogens is 214 g/mol. The van der Waals surface area contributed by atoms with E-state index in [1.165, 1.54) is 6.20 Å². The van der Waals surface area contributed by atoms with Gasteiger partial charge in [0.05, 0.1) is 11.7 Å². The topological polar surface area (TPSA) is 58.6 Å². The van der Waals surface area contributed by atoms with Crippen molar-refractivity contribution < 1.29 is 0 Å². The second-order valence-corrected chi connectivity index (χ2v) is 3.73. The zero-order valence-electron chi connectivity index (χ0n) is 8.92. The first kappa shape index (κ1) is 9.72. The van der Waals surface area contributed by atoms with Crippen LogP contribution in [0.5, 0.6) is 0 Å². The van der Waals surface area contributed by atoms with Crippen molar-refractivity contribution >= 4 is 10.9 Å². The zero-order valence-corrected chi connectivity index (χ0v) is 8.92. The third-order valence-electron chi connectivity index (χ3n) is 2.67. The predicted molar refractivity (Wildman–Crippen MR) is 65.6 cm³/mol. The van der Waals surface area contributed by atoms with Crippen LogP contribution in [0.1, 0.15) is 0 Å². The van der Waals surface area contributed by atoms with Crippen molar-refractivity contribution in [2.24, 2.45) is 0 Å². The summed E-state index contributed by atoms with van der Waals surface area (Å²) < 4.78 is 0. The van der Waals surface area contributed by atoms with Crippen molar-refractivity contribution in [1.29, 1.82) is 0 Å². The van der Waals surface area contributed by atoms with Gasteiger partial charge in [-0.15, -0.1) is 0 Å². The molecule has 0 amide bonds. The Balaban J connectivity index is 2.25. The molecule has 1 N–H and O–H groups in total. The molecule has 2 heterocycles. The van der Waals surface area contributed by atoms with Crippen molar-refractivity contribution in [3.8, 4) is 11.1 Å². The number of nitrogens with zero attached hydrogens (tertiary/aromatic N) is 2. The lowest BCUT2D eigenvalue weighted by Crippen LogP contribution is -2.02. The lowest BCUT2D eigenvalue weighted by molar-refractivity contribution is 1.06. The molecule has 0 aliphatic rings. The van der Waals surface area contributed by atoms with Crippen molar-refractivity contribution in [3.05, 3.63) is 59.1 Å². The fourth-order valence-corrected chi connectivity index (χ4v) is 1.81. The van der Waals surface area contributed by atoms with E-state index in [0.717, 1.165) is 16.6 Å². The quantitative estimate of drug-likeness (QED) is 0.686. The van der Waals surface area contributed by atoms with Crippen LogP contribution in [0.15, 0.2) is 53.7 Å². The van der Waals surface area contributed by atoms with Crippen molar-refractivity contribution in [3.63, 3.8) is 0 Å². The largest absolute Gasteiger partial charge is 0.287 e. The van der Waals surface area contributed by atoms with E-state index in [9.17, 15) is 4.79 Å². The van der Waals surface area contributed by atoms with Crippen LogP contribution >= 0.6 is 0 Å². The molecule has 0 unspecified atom stereocenters. The highest BCUT2D eigenvalue weighted by Crippen LogP contribution is 2.20. The van der Waals surface area contributed by atoms with E-state index < -0.39 is 0 Å². The van der Waals surface area contributed by atoms with Crippen LogP contribution in [0, 0.1) is 0 Å². The van der Waals surface area contributed by atoms with Crippen molar-refractivity contribution in [1.82, 2.24) is 15.2 Å². The highest BCUT2D eigenvalue weighted by atomic mass is 16.1. The molecule has 0 bridgehead atoms. The van der Waals surface area contributed by atoms with Gasteiger partial charge in [-0.1, -0.05) is 6.07 Å². The average Bonchev–Trinajstić information content (AvgIpc) is 2.40. The van der Waals surface area contributed by atoms with Crippen molar-refractivity contribution in [2.75, 3.05) is 0 Å². The summed E-state index contributed by atoms with van der Waals surface area (Å²) in [5.74, 6) is 0. The number of benzene rings is 1. The molecule has 4 nitrogen and oxygen atoms in total. The number of hydrogen-bond donors (Lipinski definition) is 1. The highest BCUT2D eigenvalue weighted by molar-refractivity contribution is 5.83. The Morgan fingerprint density at radius 1 is 1.00 bits per heavy atom. The van der Waals surface area contributed by atoms with Crippen LogP contribution in [0.3, 0.4) is 0 Å². The molecule has 0 aliphatic heterocycles. The van der Waals surface area contributed by atoms with Crippen LogP contribution < -0.4 is 5.43 Å². The molecule has 0 radical (unpaired) electrons. The van der Waals surface area contributed by atoms with Gasteiger partial charge in [0.1, 0.15) is 0 Å². The van der Waals surface area contributed by atoms with E-state index in [0.29, 0.717) is 5.39 Å². The molecule has 82 valence electrons. The lowest BCUT2D eigenvalue weighted by Gasteiger charge is -2.02. The zero-order chi connectivity index (χ0) is 11.7. The van der Waals surface area contributed by atoms with Gasteiger partial charge in [0.15, 0.2) is 0 Å². The molecule has 0 fully saturated rings. The summed E-state index contributed by atoms with van der Waals surface area (Å²) in [7, 11) is 0. The van der Waals surface area contributed by atoms with Crippen LogP contribution in [0.25, 0.3) is 22.0 Å². The van der Waals surface area contributed by atoms with E-state index in [-0.39, 0.29) is 5.43 Å². The number of aromatic amines is 1. The maximum Gasteiger partial charge on any atom is 0.207 e. The van der Waals surface area contributed by atoms with Crippen LogP contribution in [0.2, 0.25) is 0 Å². The summed E-state index contributed by atoms with van der Waals surface area (Å²) in [6, 6.07) is 9.50. The van der Waals surface area contributed by atoms with E-state index in [2.05, 4.69) is 15.2 Å². The van der Waals surface area contributed by atoms with E-state index in [4.69, 9.17) is 0 Å². The Labute approximate surface area is 97.0 Å². The predicted octanol–water partition coefficient (Wildman–Crippen LogP) is 1.99. The van der Waals surface area contributed by atoms with Crippen LogP contribution in [-0.4, -0.2) is 15.2 Å². The van der Waals surface area contributed by atoms with Crippen LogP contribution in [0.4, 0.5) is 0 Å². The van der Waals surface area contributed by atoms with E-state index >= 15 is 0 Å². The summed E-state index contributed by atoms with van der Waals surface area (Å²) in [4.78, 5) is 15.5. The Morgan fingerprint density at radius 2 is 1.82 bits per heavy atom. The maximum atomic E-state index is 11.5. The fourth-order valence-electron chi connectivity index (χ4n) is 1.81. The van der Waals surface area contributed by atoms with Gasteiger partial charge in [0.2, 0.25) is 5.43 Å². The molecule has 3 rings (SSSR count). The summed E-state index contributed by atoms with van der Waals surface area (Å²) in [5.41, 5.74) is 2.77. The number of aromatic nitrogens is 3. The van der Waals surface area contributed by atoms with Gasteiger partial charge in [-0.3, -0.25) is 14.9 Å². The van der Waals surface area contributed by atoms with Gasteiger partial charge in [-0.25, -0.2) is 0 Å². The third kappa shape index (κ3) is 1.69. The van der Waals surface area contributed by atoms with Gasteiger partial charge >= 0.3 is 0 Å². The number of hydrogen-bond acceptors (Lipinski definition) is 3. The average molecular weight is 223 g/mol. The van der Waals surface area contributed by atoms with Gasteiger partial charge in [0.25, 0.3) is 0 Å². The van der Waals surface area contributed by atoms with Gasteiger partial charge in [-0.05, 0) is 35.4 Å². The molecule has 0 saturated carbocycles. The second-order valence-electron chi connectivity index (χ2n) is 3.73. The number of nitrogens with one attached hydrogen (secondary N) is 1. The summed E-state index contributed by atoms with van der Waals surface area (Å²) >= 11 is 0. The minimum Gasteiger partial charge on any atom is -0.287 e. The Bertz CT molecular complexity index is 719. The first-order valence-corrected chi connectivity index (χ1v) is 5.22. The first-order valence-electron chi connectivity index (χ1n) is 5.22. The Kier molecular flexibility index (Phi) is 2.19. The van der Waals surface area contributed by atoms with Gasteiger partial charge < -0.3 is 0 Å². The number of rotatable bonds is 1. The molecule has 4 heteroatoms. The van der Waals surface area contributed by atoms with Crippen LogP contribution in [-0.2, 0) is 0 Å². The number of fused-ring (bicyclic) bond motifs is 1. The summed E-state index contributed by atoms with van der Waals surface area (Å²) in [5, 5.41) is 7.28. The monoisotopic (exact) mass is 223 g/mol. The minimum absolute atomic E-state index is 0.0694. The van der Waals surface area contributed by atoms with E-state index in [1.54, 1.807) is 12.4 Å². The van der Waals surface area contributed by atoms with Gasteiger partial charge in [-0.2, -0.15) is 5.10 Å². The Morgan fingerprint density at radius 3 is 2.65 bits per heavy atom. The molecule has 0 saturated heterocycles. The smallest absolute Gasteiger partial charge is 0.207 e. The number of pyridine rings is 1. The molecular formula is C13H9N3O. The van der Waals surface area contributed by atoms with E-state index in [1.807, 2.05) is 30.3 Å². The summed E-state index contributed by atoms with van der Waals surface area (Å²) in [6.45, 7) is 0. The molecule has 3 aromatic rings. The number of H-pyrrole nitrogens is 1. The molecule has 1 aromatic carbocycles. The fraction of sp³-hybridized carbons (Fsp3) is 0. The maximum absolute atomic E-state index is 11.5. The third-order valence-corrected chi connectivity index (χ3v) is 2.67. The SMILES string of the molecule is O=c1cn[nH]c2cc(-c3ccncc3)ccc12. The normalized spacial score (nSPS) is 10.6. The standard InChI is InChI=1S/C13H9N3O/c17-13-8-15-16-12-7-10(1-2-11(12)13)9-3-5-14-6-4-9/h1-8H,(H,16,17). The summed E-state index contributed by atoms with van der Waals surface area (Å²) in [6.07, 6.45) is 4.77. The first-order chi connectivity index (χ1) is 8.34. The minimum atomic E-state index is -0.0694. The van der Waals surface area contributed by atoms with Gasteiger partial charge in [0, 0.05) is 17.8 Å². The molecule has 0 atom stereocenters. The molecule has 0 aliphatic carbocycles. The lowest BCUT2D eigenvalue weighted by atomic mass is 10.1. The second kappa shape index (κ2) is 3.83. The Hall–Kier alpha value is -2.49. The molecule has 2 aromatic heterocycles. The molecule has 0 spiro atoms. The highest BCUT2D eigenvalue weighted by Gasteiger charge is 2.01. The molecule has 17 heavy (non-hydrogen) atoms. The van der Waals surface area contributed by atoms with Crippen molar-refractivity contribution in [2.45, 2.75) is 0 Å².